The van der Waals surface area contributed by atoms with Crippen LogP contribution in [0.4, 0.5) is 0 Å². The summed E-state index contributed by atoms with van der Waals surface area (Å²) in [5, 5.41) is 19.0. The van der Waals surface area contributed by atoms with Crippen LogP contribution in [0.25, 0.3) is 138 Å². The smallest absolute Gasteiger partial charge is 0.316 e. The molecule has 6 heterocycles. The maximum atomic E-state index is 8.40. The van der Waals surface area contributed by atoms with Crippen molar-refractivity contribution < 1.29 is 110 Å². The summed E-state index contributed by atoms with van der Waals surface area (Å²) < 4.78 is 2.28. The largest absolute Gasteiger partial charge is 0.512 e. The minimum absolute atomic E-state index is 0. The maximum Gasteiger partial charge on any atom is 0.316 e. The molecule has 12 aromatic carbocycles. The molecule has 5 radical (unpaired) electrons. The van der Waals surface area contributed by atoms with Gasteiger partial charge in [-0.1, -0.05) is 207 Å². The van der Waals surface area contributed by atoms with E-state index in [0.717, 1.165) is 72.8 Å². The number of aromatic nitrogens is 6. The number of ketones is 1. The number of aliphatic hydroxyl groups excluding tert-OH is 1. The van der Waals surface area contributed by atoms with Crippen LogP contribution in [-0.2, 0) is 106 Å². The molecule has 18 aromatic rings. The van der Waals surface area contributed by atoms with Crippen LogP contribution in [0, 0.1) is 51.1 Å². The minimum Gasteiger partial charge on any atom is -0.512 e. The van der Waals surface area contributed by atoms with Crippen LogP contribution < -0.4 is 0 Å². The van der Waals surface area contributed by atoms with Crippen molar-refractivity contribution in [1.29, 1.82) is 0 Å². The molecule has 0 aliphatic heterocycles. The van der Waals surface area contributed by atoms with Crippen molar-refractivity contribution in [2.45, 2.75) is 53.9 Å². The Morgan fingerprint density at radius 2 is 0.928 bits per heavy atom. The number of aliphatic hydroxyl groups is 1. The van der Waals surface area contributed by atoms with E-state index in [2.05, 4.69) is 242 Å². The van der Waals surface area contributed by atoms with Gasteiger partial charge in [0.15, 0.2) is 0 Å². The van der Waals surface area contributed by atoms with Crippen molar-refractivity contribution in [2.75, 3.05) is 0 Å². The molecule has 1 aliphatic rings. The second kappa shape index (κ2) is 39.2. The molecule has 0 unspecified atom stereocenters. The van der Waals surface area contributed by atoms with Gasteiger partial charge in [-0.2, -0.15) is 0 Å². The number of hydrogen-bond donors (Lipinski definition) is 1. The van der Waals surface area contributed by atoms with Crippen molar-refractivity contribution in [3.8, 4) is 67.4 Å². The van der Waals surface area contributed by atoms with E-state index in [9.17, 15) is 0 Å². The van der Waals surface area contributed by atoms with E-state index in [1.807, 2.05) is 158 Å². The monoisotopic (exact) mass is 2330 g/mol. The average Bonchev–Trinajstić information content (AvgIpc) is 1.62. The van der Waals surface area contributed by atoms with Gasteiger partial charge in [0.2, 0.25) is 0 Å². The first-order chi connectivity index (χ1) is 51.7. The van der Waals surface area contributed by atoms with Crippen molar-refractivity contribution in [1.82, 2.24) is 29.3 Å². The molecule has 0 amide bonds. The fourth-order valence-corrected chi connectivity index (χ4v) is 13.8. The van der Waals surface area contributed by atoms with E-state index < -0.39 is 0 Å². The van der Waals surface area contributed by atoms with Gasteiger partial charge in [-0.15, -0.1) is 166 Å². The Labute approximate surface area is 716 Å². The van der Waals surface area contributed by atoms with Gasteiger partial charge in [0.05, 0.1) is 41.1 Å². The van der Waals surface area contributed by atoms with E-state index in [1.54, 1.807) is 0 Å². The van der Waals surface area contributed by atoms with Gasteiger partial charge < -0.3 is 19.5 Å². The number of hydrogen-bond acceptors (Lipinski definition) is 6. The Morgan fingerprint density at radius 3 is 1.50 bits per heavy atom. The molecule has 0 atom stereocenters. The molecule has 1 aliphatic carbocycles. The van der Waals surface area contributed by atoms with Crippen LogP contribution in [-0.4, -0.2) is 45.0 Å². The summed E-state index contributed by atoms with van der Waals surface area (Å²) >= 11 is 0. The Hall–Kier alpha value is -10.1. The van der Waals surface area contributed by atoms with Gasteiger partial charge in [-0.25, -0.2) is 0 Å². The molecule has 111 heavy (non-hydrogen) atoms. The molecule has 6 aromatic heterocycles. The first-order valence-electron chi connectivity index (χ1n) is 35.4. The third-order valence-electron chi connectivity index (χ3n) is 18.9. The molecular weight excluding hydrogens is 2250 g/mol. The summed E-state index contributed by atoms with van der Waals surface area (Å²) in [4.78, 5) is 31.6. The number of rotatable bonds is 6. The normalized spacial score (nSPS) is 11.2. The fourth-order valence-electron chi connectivity index (χ4n) is 13.8. The molecule has 13 heteroatoms. The van der Waals surface area contributed by atoms with Crippen molar-refractivity contribution in [3.05, 3.63) is 386 Å². The molecule has 0 saturated heterocycles. The summed E-state index contributed by atoms with van der Waals surface area (Å²) in [6, 6.07) is 118. The van der Waals surface area contributed by atoms with Gasteiger partial charge >= 0.3 is 5.78 Å². The zero-order chi connectivity index (χ0) is 73.1. The van der Waals surface area contributed by atoms with Gasteiger partial charge in [0, 0.05) is 130 Å². The fraction of sp³-hybridized carbons (Fsp3) is 0.0816. The first kappa shape index (κ1) is 85.0. The van der Waals surface area contributed by atoms with Crippen molar-refractivity contribution >= 4 is 76.5 Å². The molecule has 0 saturated carbocycles. The van der Waals surface area contributed by atoms with Gasteiger partial charge in [0.1, 0.15) is 0 Å². The molecule has 559 valence electrons. The van der Waals surface area contributed by atoms with Crippen LogP contribution in [0.15, 0.2) is 328 Å². The van der Waals surface area contributed by atoms with Crippen LogP contribution in [0.5, 0.6) is 0 Å². The van der Waals surface area contributed by atoms with E-state index in [4.69, 9.17) is 19.9 Å². The average molecular weight is 2330 g/mol. The number of nitrogens with zero attached hydrogens (tertiary/aromatic N) is 6. The molecule has 19 rings (SSSR count). The number of carbonyl (C=O) groups excluding carboxylic acids is 1. The van der Waals surface area contributed by atoms with E-state index >= 15 is 0 Å². The van der Waals surface area contributed by atoms with Crippen LogP contribution in [0.3, 0.4) is 0 Å². The summed E-state index contributed by atoms with van der Waals surface area (Å²) in [7, 11) is 0. The quantitative estimate of drug-likeness (QED) is 0.0584. The minimum atomic E-state index is 0. The van der Waals surface area contributed by atoms with Crippen molar-refractivity contribution in [3.63, 3.8) is 0 Å². The molecule has 0 fully saturated rings. The molecular formula is C98H76Ir5N6O2-4. The SMILES string of the molecule is CC(=[OH+])C=C(C)O.CC1(C)c2ccccc2-c2c[c-]c(-c3ccc4ccccc4n3)cc21.Cc1c[c-]c(-c2nccc3ccccc23)cc1.Cc1cccc(C)c1-c1cnc2c3[c-]cccc3c3ccccc3n12.[Ir].[Ir].[Ir].[Ir].[Ir].[c-]1ccccc1-c1ccc2ccccc2n1.[c-]1ccccc1-c1nccc2ccccc12. The molecule has 2 N–H and O–H groups in total. The Bertz CT molecular complexity index is 6210. The summed E-state index contributed by atoms with van der Waals surface area (Å²) in [6.07, 6.45) is 6.97. The summed E-state index contributed by atoms with van der Waals surface area (Å²) in [5.74, 6) is 0.250. The van der Waals surface area contributed by atoms with Gasteiger partial charge in [0.25, 0.3) is 0 Å². The number of aryl methyl sites for hydroxylation is 3. The van der Waals surface area contributed by atoms with Crippen LogP contribution >= 0.6 is 0 Å². The predicted molar refractivity (Wildman–Crippen MR) is 439 cm³/mol. The van der Waals surface area contributed by atoms with Crippen molar-refractivity contribution in [2.24, 2.45) is 0 Å². The third-order valence-corrected chi connectivity index (χ3v) is 18.9. The standard InChI is InChI=1S/C24H18N.C23H17N2.C16H12N.2C15H10N.C5H8O2.5Ir/c1-24(2)20-9-5-4-8-18(20)19-13-11-17(15-21(19)24)23-14-12-16-7-3-6-10-22(16)25-23;1-15-8-7-9-16(2)22(15)21-14-24-23-19-12-4-3-10-17(19)18-11-5-6-13-20(18)25(21)23;1-12-6-8-14(9-7-12)16-15-5-3-2-4-13(15)10-11-17-16;1-2-7-13(8-3-1)15-14-9-5-4-6-12(14)10-11-16-15;1-2-6-12(7-3-1)15-11-10-13-8-4-5-9-14(13)16-15;1-4(6)3-5(2)7;;;;;/h3-10,12-15H,1-2H3;3-11,13-14H,1-2H3;2-8,10-11H,1H3;1-7,9-11H;1-6,8-11H;3,6H,1-2H3;;;;;/q5*-1;;;;;;/p+1. The zero-order valence-corrected chi connectivity index (χ0v) is 73.8. The summed E-state index contributed by atoms with van der Waals surface area (Å²) in [5.41, 5.74) is 23.9. The Kier molecular flexibility index (Phi) is 30.0. The van der Waals surface area contributed by atoms with E-state index in [0.29, 0.717) is 0 Å². The zero-order valence-electron chi connectivity index (χ0n) is 61.8. The second-order valence-corrected chi connectivity index (χ2v) is 26.7. The van der Waals surface area contributed by atoms with Gasteiger partial charge in [-0.05, 0) is 134 Å². The Balaban J connectivity index is 0.000000156. The second-order valence-electron chi connectivity index (χ2n) is 26.7. The summed E-state index contributed by atoms with van der Waals surface area (Å²) in [6.45, 7) is 14.0. The first-order valence-corrected chi connectivity index (χ1v) is 35.4. The molecule has 0 spiro atoms. The number of imidazole rings is 1. The number of para-hydroxylation sites is 3. The number of fused-ring (bicyclic) bond motifs is 13. The number of pyridine rings is 5. The third kappa shape index (κ3) is 19.3. The molecule has 0 bridgehead atoms. The number of benzene rings is 12. The van der Waals surface area contributed by atoms with Crippen LogP contribution in [0.1, 0.15) is 55.5 Å². The van der Waals surface area contributed by atoms with Gasteiger partial charge in [-0.3, -0.25) is 19.7 Å². The topological polar surface area (TPSA) is 110 Å². The van der Waals surface area contributed by atoms with E-state index in [-0.39, 0.29) is 117 Å². The number of allylic oxidation sites excluding steroid dienone is 2. The maximum absolute atomic E-state index is 8.40. The molecule has 8 nitrogen and oxygen atoms in total. The Morgan fingerprint density at radius 1 is 0.423 bits per heavy atom. The van der Waals surface area contributed by atoms with E-state index in [1.165, 1.54) is 113 Å². The van der Waals surface area contributed by atoms with Crippen LogP contribution in [0.2, 0.25) is 0 Å². The predicted octanol–water partition coefficient (Wildman–Crippen LogP) is 24.1.